The van der Waals surface area contributed by atoms with Gasteiger partial charge in [-0.2, -0.15) is 0 Å². The first-order chi connectivity index (χ1) is 11.8. The first kappa shape index (κ1) is 19.6. The summed E-state index contributed by atoms with van der Waals surface area (Å²) >= 11 is 2.62. The van der Waals surface area contributed by atoms with Gasteiger partial charge in [-0.3, -0.25) is 9.59 Å². The fourth-order valence-electron chi connectivity index (χ4n) is 1.75. The van der Waals surface area contributed by atoms with Gasteiger partial charge in [0.2, 0.25) is 11.8 Å². The molecular formula is C15H14F2IN3O3S. The molecule has 25 heavy (non-hydrogen) atoms. The van der Waals surface area contributed by atoms with Crippen LogP contribution in [0.1, 0.15) is 12.7 Å². The number of nitrogens with one attached hydrogen (secondary N) is 2. The molecule has 0 aliphatic heterocycles. The van der Waals surface area contributed by atoms with Crippen LogP contribution in [0.5, 0.6) is 0 Å². The van der Waals surface area contributed by atoms with E-state index in [0.29, 0.717) is 11.6 Å². The summed E-state index contributed by atoms with van der Waals surface area (Å²) in [4.78, 5) is 23.8. The van der Waals surface area contributed by atoms with E-state index in [2.05, 4.69) is 15.8 Å². The van der Waals surface area contributed by atoms with Crippen LogP contribution in [0.3, 0.4) is 0 Å². The molecule has 1 heterocycles. The minimum absolute atomic E-state index is 0.0243. The molecule has 0 bridgehead atoms. The third kappa shape index (κ3) is 5.66. The maximum absolute atomic E-state index is 13.4. The minimum atomic E-state index is -0.751. The summed E-state index contributed by atoms with van der Waals surface area (Å²) in [5.74, 6) is -1.50. The van der Waals surface area contributed by atoms with Gasteiger partial charge in [-0.25, -0.2) is 8.78 Å². The molecule has 1 unspecified atom stereocenters. The zero-order valence-corrected chi connectivity index (χ0v) is 16.2. The van der Waals surface area contributed by atoms with E-state index >= 15 is 0 Å². The first-order valence-corrected chi connectivity index (χ1v) is 9.19. The van der Waals surface area contributed by atoms with Crippen molar-refractivity contribution in [3.63, 3.8) is 0 Å². The van der Waals surface area contributed by atoms with Crippen LogP contribution in [0, 0.1) is 22.1 Å². The lowest BCUT2D eigenvalue weighted by molar-refractivity contribution is -0.115. The zero-order chi connectivity index (χ0) is 18.6. The van der Waals surface area contributed by atoms with Crippen molar-refractivity contribution in [3.8, 4) is 0 Å². The standard InChI is InChI=1S/C15H14F2IN3O3S/c1-7-3-12(21-24-7)20-15(23)8(2)25-6-13(22)19-9-4-10(16)14(18)11(17)5-9/h3-5,8H,6H2,1-2H3,(H,19,22)(H,20,21,23). The second-order valence-electron chi connectivity index (χ2n) is 5.07. The van der Waals surface area contributed by atoms with Crippen molar-refractivity contribution < 1.29 is 22.9 Å². The molecule has 0 saturated carbocycles. The Morgan fingerprint density at radius 2 is 1.92 bits per heavy atom. The Morgan fingerprint density at radius 1 is 1.28 bits per heavy atom. The highest BCUT2D eigenvalue weighted by atomic mass is 127. The number of hydrogen-bond donors (Lipinski definition) is 2. The molecule has 1 atom stereocenters. The topological polar surface area (TPSA) is 84.2 Å². The van der Waals surface area contributed by atoms with Gasteiger partial charge in [0.25, 0.3) is 0 Å². The van der Waals surface area contributed by atoms with Crippen LogP contribution < -0.4 is 10.6 Å². The molecule has 0 fully saturated rings. The molecule has 0 spiro atoms. The van der Waals surface area contributed by atoms with Crippen LogP contribution in [0.2, 0.25) is 0 Å². The van der Waals surface area contributed by atoms with Crippen molar-refractivity contribution in [1.82, 2.24) is 5.16 Å². The SMILES string of the molecule is Cc1cc(NC(=O)C(C)SCC(=O)Nc2cc(F)c(I)c(F)c2)no1. The number of thioether (sulfide) groups is 1. The Balaban J connectivity index is 1.83. The van der Waals surface area contributed by atoms with Gasteiger partial charge in [0.1, 0.15) is 17.4 Å². The highest BCUT2D eigenvalue weighted by molar-refractivity contribution is 14.1. The van der Waals surface area contributed by atoms with E-state index in [0.717, 1.165) is 23.9 Å². The van der Waals surface area contributed by atoms with Crippen molar-refractivity contribution in [3.05, 3.63) is 39.2 Å². The van der Waals surface area contributed by atoms with Crippen molar-refractivity contribution in [1.29, 1.82) is 0 Å². The van der Waals surface area contributed by atoms with E-state index in [1.54, 1.807) is 19.9 Å². The number of carbonyl (C=O) groups excluding carboxylic acids is 2. The van der Waals surface area contributed by atoms with Crippen molar-refractivity contribution in [2.45, 2.75) is 19.1 Å². The number of halogens is 3. The van der Waals surface area contributed by atoms with E-state index in [1.807, 2.05) is 0 Å². The van der Waals surface area contributed by atoms with Gasteiger partial charge in [0.15, 0.2) is 5.82 Å². The second-order valence-corrected chi connectivity index (χ2v) is 7.48. The van der Waals surface area contributed by atoms with Crippen LogP contribution in [-0.4, -0.2) is 28.0 Å². The summed E-state index contributed by atoms with van der Waals surface area (Å²) in [7, 11) is 0. The van der Waals surface area contributed by atoms with Gasteiger partial charge in [0, 0.05) is 11.8 Å². The maximum atomic E-state index is 13.4. The van der Waals surface area contributed by atoms with E-state index in [9.17, 15) is 18.4 Å². The molecule has 0 saturated heterocycles. The highest BCUT2D eigenvalue weighted by Gasteiger charge is 2.17. The van der Waals surface area contributed by atoms with E-state index in [4.69, 9.17) is 4.52 Å². The number of anilines is 2. The van der Waals surface area contributed by atoms with Gasteiger partial charge in [0.05, 0.1) is 14.6 Å². The quantitative estimate of drug-likeness (QED) is 0.487. The van der Waals surface area contributed by atoms with E-state index < -0.39 is 22.8 Å². The van der Waals surface area contributed by atoms with Crippen LogP contribution in [0.15, 0.2) is 22.7 Å². The predicted molar refractivity (Wildman–Crippen MR) is 99.5 cm³/mol. The largest absolute Gasteiger partial charge is 0.360 e. The lowest BCUT2D eigenvalue weighted by Gasteiger charge is -2.11. The van der Waals surface area contributed by atoms with Gasteiger partial charge in [-0.15, -0.1) is 11.8 Å². The summed E-state index contributed by atoms with van der Waals surface area (Å²) in [6, 6.07) is 3.65. The summed E-state index contributed by atoms with van der Waals surface area (Å²) in [5, 5.41) is 8.07. The molecule has 2 rings (SSSR count). The number of benzene rings is 1. The van der Waals surface area contributed by atoms with Crippen LogP contribution in [0.25, 0.3) is 0 Å². The van der Waals surface area contributed by atoms with E-state index in [1.165, 1.54) is 22.6 Å². The molecule has 0 aliphatic carbocycles. The first-order valence-electron chi connectivity index (χ1n) is 7.06. The number of nitrogens with zero attached hydrogens (tertiary/aromatic N) is 1. The van der Waals surface area contributed by atoms with Crippen molar-refractivity contribution in [2.24, 2.45) is 0 Å². The van der Waals surface area contributed by atoms with E-state index in [-0.39, 0.29) is 20.9 Å². The Bertz CT molecular complexity index is 777. The van der Waals surface area contributed by atoms with Gasteiger partial charge in [-0.05, 0) is 48.6 Å². The number of carbonyl (C=O) groups is 2. The van der Waals surface area contributed by atoms with Crippen LogP contribution >= 0.6 is 34.4 Å². The summed E-state index contributed by atoms with van der Waals surface area (Å²) in [6.07, 6.45) is 0. The number of aryl methyl sites for hydroxylation is 1. The average Bonchev–Trinajstić information content (AvgIpc) is 2.95. The molecule has 2 N–H and O–H groups in total. The summed E-state index contributed by atoms with van der Waals surface area (Å²) < 4.78 is 31.6. The molecule has 1 aromatic carbocycles. The number of rotatable bonds is 6. The Labute approximate surface area is 160 Å². The molecule has 2 amide bonds. The lowest BCUT2D eigenvalue weighted by atomic mass is 10.3. The Morgan fingerprint density at radius 3 is 2.48 bits per heavy atom. The smallest absolute Gasteiger partial charge is 0.238 e. The summed E-state index contributed by atoms with van der Waals surface area (Å²) in [5.41, 5.74) is 0.0243. The third-order valence-electron chi connectivity index (χ3n) is 2.98. The fourth-order valence-corrected chi connectivity index (χ4v) is 2.75. The van der Waals surface area contributed by atoms with Crippen LogP contribution in [0.4, 0.5) is 20.3 Å². The lowest BCUT2D eigenvalue weighted by Crippen LogP contribution is -2.25. The molecule has 0 aliphatic rings. The van der Waals surface area contributed by atoms with Crippen molar-refractivity contribution in [2.75, 3.05) is 16.4 Å². The number of amides is 2. The van der Waals surface area contributed by atoms with Crippen LogP contribution in [-0.2, 0) is 9.59 Å². The molecule has 1 aromatic heterocycles. The minimum Gasteiger partial charge on any atom is -0.360 e. The van der Waals surface area contributed by atoms with Gasteiger partial charge in [-0.1, -0.05) is 5.16 Å². The monoisotopic (exact) mass is 481 g/mol. The summed E-state index contributed by atoms with van der Waals surface area (Å²) in [6.45, 7) is 3.33. The third-order valence-corrected chi connectivity index (χ3v) is 5.15. The van der Waals surface area contributed by atoms with Gasteiger partial charge < -0.3 is 15.2 Å². The van der Waals surface area contributed by atoms with Crippen molar-refractivity contribution >= 4 is 57.7 Å². The highest BCUT2D eigenvalue weighted by Crippen LogP contribution is 2.21. The Kier molecular flexibility index (Phi) is 6.76. The normalized spacial score (nSPS) is 11.9. The molecule has 2 aromatic rings. The molecule has 10 heteroatoms. The molecule has 0 radical (unpaired) electrons. The molecule has 6 nitrogen and oxygen atoms in total. The average molecular weight is 481 g/mol. The molecular weight excluding hydrogens is 467 g/mol. The predicted octanol–water partition coefficient (Wildman–Crippen LogP) is 3.56. The number of aromatic nitrogens is 1. The fraction of sp³-hybridized carbons (Fsp3) is 0.267. The maximum Gasteiger partial charge on any atom is 0.238 e. The Hall–Kier alpha value is -1.69. The molecule has 134 valence electrons. The second kappa shape index (κ2) is 8.61. The zero-order valence-electron chi connectivity index (χ0n) is 13.2. The number of hydrogen-bond acceptors (Lipinski definition) is 5. The van der Waals surface area contributed by atoms with Gasteiger partial charge >= 0.3 is 0 Å².